The number of amides is 1. The van der Waals surface area contributed by atoms with Crippen LogP contribution in [0, 0.1) is 0 Å². The maximum atomic E-state index is 12.8. The Morgan fingerprint density at radius 2 is 1.83 bits per heavy atom. The number of ether oxygens (including phenoxy) is 1. The van der Waals surface area contributed by atoms with Gasteiger partial charge in [0.05, 0.1) is 18.3 Å². The standard InChI is InChI=1S/C18H23NO3S/c1-4-12-19(13-5-2)18(21)16(14-17(20)22-6-3)23-15-10-8-7-9-11-15/h4-5,7-11,16H,1-2,6,12-14H2,3H3. The fraction of sp³-hybridized carbons (Fsp3) is 0.333. The lowest BCUT2D eigenvalue weighted by Gasteiger charge is -2.24. The third-order valence-corrected chi connectivity index (χ3v) is 4.16. The van der Waals surface area contributed by atoms with Gasteiger partial charge in [-0.2, -0.15) is 0 Å². The molecule has 1 atom stereocenters. The molecule has 4 nitrogen and oxygen atoms in total. The van der Waals surface area contributed by atoms with Crippen molar-refractivity contribution in [2.45, 2.75) is 23.5 Å². The summed E-state index contributed by atoms with van der Waals surface area (Å²) in [6.07, 6.45) is 3.36. The van der Waals surface area contributed by atoms with Crippen LogP contribution in [0.4, 0.5) is 0 Å². The molecule has 0 aliphatic rings. The molecule has 5 heteroatoms. The minimum absolute atomic E-state index is 0.0387. The summed E-state index contributed by atoms with van der Waals surface area (Å²) in [7, 11) is 0. The number of carbonyl (C=O) groups is 2. The zero-order valence-electron chi connectivity index (χ0n) is 13.4. The molecule has 1 unspecified atom stereocenters. The van der Waals surface area contributed by atoms with Gasteiger partial charge in [0.25, 0.3) is 0 Å². The van der Waals surface area contributed by atoms with Gasteiger partial charge in [-0.3, -0.25) is 9.59 Å². The molecule has 1 rings (SSSR count). The highest BCUT2D eigenvalue weighted by molar-refractivity contribution is 8.00. The van der Waals surface area contributed by atoms with E-state index in [4.69, 9.17) is 4.74 Å². The van der Waals surface area contributed by atoms with E-state index in [1.165, 1.54) is 11.8 Å². The van der Waals surface area contributed by atoms with E-state index < -0.39 is 5.25 Å². The lowest BCUT2D eigenvalue weighted by Crippen LogP contribution is -2.39. The van der Waals surface area contributed by atoms with Gasteiger partial charge in [-0.05, 0) is 19.1 Å². The van der Waals surface area contributed by atoms with Crippen molar-refractivity contribution in [1.29, 1.82) is 0 Å². The van der Waals surface area contributed by atoms with Crippen molar-refractivity contribution in [3.05, 3.63) is 55.6 Å². The highest BCUT2D eigenvalue weighted by atomic mass is 32.2. The fourth-order valence-electron chi connectivity index (χ4n) is 1.98. The minimum Gasteiger partial charge on any atom is -0.466 e. The highest BCUT2D eigenvalue weighted by Gasteiger charge is 2.27. The average Bonchev–Trinajstić information content (AvgIpc) is 2.54. The number of rotatable bonds is 10. The highest BCUT2D eigenvalue weighted by Crippen LogP contribution is 2.27. The molecule has 0 fully saturated rings. The molecule has 0 aromatic heterocycles. The Labute approximate surface area is 142 Å². The molecule has 0 radical (unpaired) electrons. The monoisotopic (exact) mass is 333 g/mol. The smallest absolute Gasteiger partial charge is 0.307 e. The van der Waals surface area contributed by atoms with Gasteiger partial charge in [-0.15, -0.1) is 24.9 Å². The van der Waals surface area contributed by atoms with Gasteiger partial charge in [0.15, 0.2) is 0 Å². The normalized spacial score (nSPS) is 11.3. The van der Waals surface area contributed by atoms with Crippen LogP contribution >= 0.6 is 11.8 Å². The van der Waals surface area contributed by atoms with E-state index in [0.29, 0.717) is 19.7 Å². The van der Waals surface area contributed by atoms with Crippen LogP contribution in [-0.4, -0.2) is 41.7 Å². The first-order chi connectivity index (χ1) is 11.1. The second-order valence-corrected chi connectivity index (χ2v) is 6.03. The summed E-state index contributed by atoms with van der Waals surface area (Å²) >= 11 is 1.37. The molecule has 1 aromatic rings. The van der Waals surface area contributed by atoms with Gasteiger partial charge in [0.1, 0.15) is 0 Å². The van der Waals surface area contributed by atoms with Gasteiger partial charge in [-0.1, -0.05) is 30.4 Å². The summed E-state index contributed by atoms with van der Waals surface area (Å²) in [5.74, 6) is -0.488. The van der Waals surface area contributed by atoms with Crippen LogP contribution in [0.1, 0.15) is 13.3 Å². The van der Waals surface area contributed by atoms with Crippen LogP contribution in [-0.2, 0) is 14.3 Å². The van der Waals surface area contributed by atoms with Gasteiger partial charge >= 0.3 is 5.97 Å². The van der Waals surface area contributed by atoms with Gasteiger partial charge in [0.2, 0.25) is 5.91 Å². The van der Waals surface area contributed by atoms with Gasteiger partial charge in [-0.25, -0.2) is 0 Å². The number of esters is 1. The summed E-state index contributed by atoms with van der Waals surface area (Å²) in [4.78, 5) is 27.2. The Morgan fingerprint density at radius 1 is 1.22 bits per heavy atom. The number of carbonyl (C=O) groups excluding carboxylic acids is 2. The van der Waals surface area contributed by atoms with Crippen LogP contribution in [0.5, 0.6) is 0 Å². The van der Waals surface area contributed by atoms with E-state index in [9.17, 15) is 9.59 Å². The van der Waals surface area contributed by atoms with Gasteiger partial charge in [0, 0.05) is 18.0 Å². The summed E-state index contributed by atoms with van der Waals surface area (Å²) in [5, 5.41) is -0.531. The molecule has 0 heterocycles. The largest absolute Gasteiger partial charge is 0.466 e. The SMILES string of the molecule is C=CCN(CC=C)C(=O)C(CC(=O)OCC)Sc1ccccc1. The lowest BCUT2D eigenvalue weighted by molar-refractivity contribution is -0.145. The number of benzene rings is 1. The van der Waals surface area contributed by atoms with Crippen LogP contribution in [0.15, 0.2) is 60.5 Å². The molecule has 0 bridgehead atoms. The summed E-state index contributed by atoms with van der Waals surface area (Å²) in [6.45, 7) is 10.2. The molecule has 0 aliphatic carbocycles. The zero-order valence-corrected chi connectivity index (χ0v) is 14.3. The Kier molecular flexibility index (Phi) is 8.83. The Morgan fingerprint density at radius 3 is 2.35 bits per heavy atom. The van der Waals surface area contributed by atoms with Crippen molar-refractivity contribution in [3.63, 3.8) is 0 Å². The molecular weight excluding hydrogens is 310 g/mol. The summed E-state index contributed by atoms with van der Waals surface area (Å²) in [6, 6.07) is 9.55. The topological polar surface area (TPSA) is 46.6 Å². The third kappa shape index (κ3) is 6.74. The van der Waals surface area contributed by atoms with Crippen LogP contribution in [0.2, 0.25) is 0 Å². The first kappa shape index (κ1) is 19.0. The molecule has 1 aromatic carbocycles. The van der Waals surface area contributed by atoms with Crippen molar-refractivity contribution in [2.75, 3.05) is 19.7 Å². The first-order valence-electron chi connectivity index (χ1n) is 7.50. The Hall–Kier alpha value is -2.01. The Bertz CT molecular complexity index is 520. The lowest BCUT2D eigenvalue weighted by atomic mass is 10.2. The van der Waals surface area contributed by atoms with Crippen LogP contribution in [0.25, 0.3) is 0 Å². The molecule has 0 saturated carbocycles. The third-order valence-electron chi connectivity index (χ3n) is 2.97. The van der Waals surface area contributed by atoms with Crippen molar-refractivity contribution >= 4 is 23.6 Å². The molecule has 23 heavy (non-hydrogen) atoms. The number of hydrogen-bond donors (Lipinski definition) is 0. The quantitative estimate of drug-likeness (QED) is 0.374. The second kappa shape index (κ2) is 10.7. The van der Waals surface area contributed by atoms with E-state index in [1.807, 2.05) is 30.3 Å². The molecule has 0 spiro atoms. The maximum Gasteiger partial charge on any atom is 0.307 e. The number of nitrogens with zero attached hydrogens (tertiary/aromatic N) is 1. The number of thioether (sulfide) groups is 1. The number of hydrogen-bond acceptors (Lipinski definition) is 4. The van der Waals surface area contributed by atoms with Crippen molar-refractivity contribution in [1.82, 2.24) is 4.90 Å². The minimum atomic E-state index is -0.531. The predicted molar refractivity (Wildman–Crippen MR) is 94.3 cm³/mol. The molecule has 0 N–H and O–H groups in total. The van der Waals surface area contributed by atoms with Crippen molar-refractivity contribution in [2.24, 2.45) is 0 Å². The van der Waals surface area contributed by atoms with Crippen molar-refractivity contribution in [3.8, 4) is 0 Å². The van der Waals surface area contributed by atoms with Crippen LogP contribution < -0.4 is 0 Å². The molecule has 124 valence electrons. The maximum absolute atomic E-state index is 12.8. The van der Waals surface area contributed by atoms with E-state index in [-0.39, 0.29) is 18.3 Å². The van der Waals surface area contributed by atoms with E-state index in [2.05, 4.69) is 13.2 Å². The average molecular weight is 333 g/mol. The first-order valence-corrected chi connectivity index (χ1v) is 8.38. The van der Waals surface area contributed by atoms with E-state index in [0.717, 1.165) is 4.90 Å². The zero-order chi connectivity index (χ0) is 17.1. The van der Waals surface area contributed by atoms with Gasteiger partial charge < -0.3 is 9.64 Å². The molecule has 0 aliphatic heterocycles. The molecule has 1 amide bonds. The van der Waals surface area contributed by atoms with E-state index in [1.54, 1.807) is 24.0 Å². The van der Waals surface area contributed by atoms with Crippen LogP contribution in [0.3, 0.4) is 0 Å². The molecular formula is C18H23NO3S. The van der Waals surface area contributed by atoms with Crippen molar-refractivity contribution < 1.29 is 14.3 Å². The molecule has 0 saturated heterocycles. The summed E-state index contributed by atoms with van der Waals surface area (Å²) in [5.41, 5.74) is 0. The Balaban J connectivity index is 2.91. The predicted octanol–water partition coefficient (Wildman–Crippen LogP) is 3.30. The fourth-order valence-corrected chi connectivity index (χ4v) is 3.10. The summed E-state index contributed by atoms with van der Waals surface area (Å²) < 4.78 is 5.00. The van der Waals surface area contributed by atoms with E-state index >= 15 is 0 Å². The second-order valence-electron chi connectivity index (χ2n) is 4.75.